The van der Waals surface area contributed by atoms with Crippen LogP contribution in [0.5, 0.6) is 11.5 Å². The zero-order chi connectivity index (χ0) is 36.0. The summed E-state index contributed by atoms with van der Waals surface area (Å²) in [5.74, 6) is 1.29. The third kappa shape index (κ3) is 8.37. The van der Waals surface area contributed by atoms with Gasteiger partial charge in [0.15, 0.2) is 0 Å². The normalized spacial score (nSPS) is 18.9. The molecule has 0 bridgehead atoms. The maximum atomic E-state index is 13.5. The molecule has 8 nitrogen and oxygen atoms in total. The maximum absolute atomic E-state index is 13.5. The first kappa shape index (κ1) is 36.2. The molecule has 0 unspecified atom stereocenters. The van der Waals surface area contributed by atoms with E-state index in [-0.39, 0.29) is 18.1 Å². The zero-order valence-corrected chi connectivity index (χ0v) is 30.5. The van der Waals surface area contributed by atoms with Crippen molar-refractivity contribution >= 4 is 29.1 Å². The van der Waals surface area contributed by atoms with Crippen LogP contribution in [0, 0.1) is 11.3 Å². The van der Waals surface area contributed by atoms with E-state index in [1.807, 2.05) is 42.5 Å². The Morgan fingerprint density at radius 3 is 2.62 bits per heavy atom. The summed E-state index contributed by atoms with van der Waals surface area (Å²) in [6.45, 7) is 4.17. The van der Waals surface area contributed by atoms with Gasteiger partial charge >= 0.3 is 0 Å². The average molecular weight is 743 g/mol. The minimum atomic E-state index is -0.669. The fourth-order valence-corrected chi connectivity index (χ4v) is 8.04. The van der Waals surface area contributed by atoms with Crippen LogP contribution in [0.4, 0.5) is 4.39 Å². The molecule has 2 saturated heterocycles. The number of nitrogens with zero attached hydrogens (tertiary/aromatic N) is 3. The summed E-state index contributed by atoms with van der Waals surface area (Å²) in [6, 6.07) is 20.1. The Morgan fingerprint density at radius 1 is 0.981 bits per heavy atom. The van der Waals surface area contributed by atoms with Gasteiger partial charge in [0, 0.05) is 68.7 Å². The van der Waals surface area contributed by atoms with Crippen molar-refractivity contribution in [3.05, 3.63) is 99.3 Å². The number of hydrogen-bond acceptors (Lipinski definition) is 7. The molecule has 11 heteroatoms. The lowest BCUT2D eigenvalue weighted by molar-refractivity contribution is -0.119. The molecule has 2 fully saturated rings. The molecule has 3 aromatic carbocycles. The molecule has 0 saturated carbocycles. The Morgan fingerprint density at radius 2 is 1.81 bits per heavy atom. The quantitative estimate of drug-likeness (QED) is 0.133. The molecule has 0 spiro atoms. The molecule has 2 atom stereocenters. The third-order valence-electron chi connectivity index (χ3n) is 10.3. The highest BCUT2D eigenvalue weighted by atomic mass is 35.5. The number of likely N-dealkylation sites (tertiary alicyclic amines) is 1. The van der Waals surface area contributed by atoms with Crippen LogP contribution >= 0.6 is 23.2 Å². The van der Waals surface area contributed by atoms with E-state index in [4.69, 9.17) is 32.7 Å². The second-order valence-electron chi connectivity index (χ2n) is 13.8. The van der Waals surface area contributed by atoms with Crippen molar-refractivity contribution in [3.8, 4) is 39.8 Å². The summed E-state index contributed by atoms with van der Waals surface area (Å²) < 4.78 is 26.4. The van der Waals surface area contributed by atoms with E-state index in [1.165, 1.54) is 5.56 Å². The van der Waals surface area contributed by atoms with Crippen LogP contribution in [0.3, 0.4) is 0 Å². The number of halogens is 3. The maximum Gasteiger partial charge on any atom is 0.220 e. The van der Waals surface area contributed by atoms with Crippen molar-refractivity contribution in [1.82, 2.24) is 20.5 Å². The van der Waals surface area contributed by atoms with Crippen LogP contribution in [0.2, 0.25) is 10.0 Å². The molecule has 3 aliphatic rings. The second kappa shape index (κ2) is 16.6. The third-order valence-corrected chi connectivity index (χ3v) is 10.9. The number of carbonyl (C=O) groups excluding carboxylic acids is 1. The zero-order valence-electron chi connectivity index (χ0n) is 29.0. The van der Waals surface area contributed by atoms with E-state index in [0.29, 0.717) is 66.1 Å². The van der Waals surface area contributed by atoms with Gasteiger partial charge in [0.05, 0.1) is 22.2 Å². The van der Waals surface area contributed by atoms with Gasteiger partial charge in [0.2, 0.25) is 5.91 Å². The smallest absolute Gasteiger partial charge is 0.220 e. The van der Waals surface area contributed by atoms with Crippen LogP contribution < -0.4 is 20.1 Å². The molecule has 7 rings (SSSR count). The Hall–Kier alpha value is -4.20. The van der Waals surface area contributed by atoms with Gasteiger partial charge in [-0.1, -0.05) is 53.5 Å². The van der Waals surface area contributed by atoms with Crippen molar-refractivity contribution in [2.45, 2.75) is 69.8 Å². The molecule has 1 amide bonds. The molecule has 2 N–H and O–H groups in total. The fourth-order valence-electron chi connectivity index (χ4n) is 7.53. The molecular formula is C41H42Cl2FN5O3. The molecule has 1 aliphatic carbocycles. The van der Waals surface area contributed by atoms with E-state index >= 15 is 0 Å². The molecule has 0 radical (unpaired) electrons. The minimum Gasteiger partial charge on any atom is -0.492 e. The molecule has 270 valence electrons. The Bertz CT molecular complexity index is 1960. The Labute approximate surface area is 314 Å². The van der Waals surface area contributed by atoms with Crippen LogP contribution in [-0.2, 0) is 17.8 Å². The second-order valence-corrected chi connectivity index (χ2v) is 14.6. The number of nitrogens with one attached hydrogen (secondary N) is 2. The van der Waals surface area contributed by atoms with Crippen molar-refractivity contribution < 1.29 is 18.7 Å². The first-order valence-corrected chi connectivity index (χ1v) is 18.9. The standard InChI is InChI=1S/C41H42Cl2FN5O3/c42-36-19-28(24-47-25-30-8-11-40(50)48-30)35(27-18-26(21-45)22-46-23-27)20-39(36)52-37-10-9-32-31(4-1-5-33(32)37)34-6-2-7-38(41(34)43)51-17-3-14-49-15-12-29(44)13-16-49/h1-2,4-7,18-20,22-23,29-30,37,47H,3,8-17,24-25H2,(H,48,50)/t30-,37+/m1/s1. The number of alkyl halides is 1. The van der Waals surface area contributed by atoms with E-state index in [0.717, 1.165) is 78.7 Å². The number of ether oxygens (including phenoxy) is 2. The molecular weight excluding hydrogens is 700 g/mol. The number of aromatic nitrogens is 1. The number of amides is 1. The number of rotatable bonds is 13. The van der Waals surface area contributed by atoms with Gasteiger partial charge in [-0.15, -0.1) is 0 Å². The Kier molecular flexibility index (Phi) is 11.6. The average Bonchev–Trinajstić information content (AvgIpc) is 3.77. The van der Waals surface area contributed by atoms with Crippen molar-refractivity contribution in [3.63, 3.8) is 0 Å². The van der Waals surface area contributed by atoms with Crippen LogP contribution in [0.1, 0.15) is 66.9 Å². The van der Waals surface area contributed by atoms with Gasteiger partial charge in [-0.25, -0.2) is 4.39 Å². The first-order chi connectivity index (χ1) is 25.4. The molecule has 1 aromatic heterocycles. The van der Waals surface area contributed by atoms with Crippen LogP contribution in [0.25, 0.3) is 22.3 Å². The van der Waals surface area contributed by atoms with E-state index in [1.54, 1.807) is 12.4 Å². The van der Waals surface area contributed by atoms with Gasteiger partial charge in [0.25, 0.3) is 0 Å². The van der Waals surface area contributed by atoms with Gasteiger partial charge in [-0.05, 0) is 90.6 Å². The van der Waals surface area contributed by atoms with Gasteiger partial charge in [-0.3, -0.25) is 9.78 Å². The lowest BCUT2D eigenvalue weighted by Crippen LogP contribution is -2.35. The highest BCUT2D eigenvalue weighted by Crippen LogP contribution is 2.45. The largest absolute Gasteiger partial charge is 0.492 e. The Balaban J connectivity index is 1.08. The highest BCUT2D eigenvalue weighted by Gasteiger charge is 2.29. The molecule has 2 aliphatic heterocycles. The molecule has 52 heavy (non-hydrogen) atoms. The SMILES string of the molecule is N#Cc1cncc(-c2cc(O[C@H]3CCc4c(-c5cccc(OCCCN6CCC(F)CC6)c5Cl)cccc43)c(Cl)cc2CNC[C@H]2CCC(=O)N2)c1. The van der Waals surface area contributed by atoms with Gasteiger partial charge in [-0.2, -0.15) is 5.26 Å². The van der Waals surface area contributed by atoms with Crippen molar-refractivity contribution in [2.24, 2.45) is 0 Å². The van der Waals surface area contributed by atoms with E-state index in [2.05, 4.69) is 38.7 Å². The minimum absolute atomic E-state index is 0.0810. The summed E-state index contributed by atoms with van der Waals surface area (Å²) >= 11 is 13.9. The van der Waals surface area contributed by atoms with Crippen LogP contribution in [0.15, 0.2) is 67.0 Å². The van der Waals surface area contributed by atoms with Crippen molar-refractivity contribution in [2.75, 3.05) is 32.8 Å². The predicted molar refractivity (Wildman–Crippen MR) is 202 cm³/mol. The number of nitriles is 1. The van der Waals surface area contributed by atoms with Gasteiger partial charge < -0.3 is 25.0 Å². The molecule has 4 aromatic rings. The summed E-state index contributed by atoms with van der Waals surface area (Å²) in [6.07, 6.45) is 7.39. The van der Waals surface area contributed by atoms with Gasteiger partial charge in [0.1, 0.15) is 29.8 Å². The summed E-state index contributed by atoms with van der Waals surface area (Å²) in [5, 5.41) is 17.1. The highest BCUT2D eigenvalue weighted by molar-refractivity contribution is 6.35. The monoisotopic (exact) mass is 741 g/mol. The van der Waals surface area contributed by atoms with E-state index < -0.39 is 6.17 Å². The summed E-state index contributed by atoms with van der Waals surface area (Å²) in [4.78, 5) is 18.3. The lowest BCUT2D eigenvalue weighted by Gasteiger charge is -2.28. The number of hydrogen-bond donors (Lipinski definition) is 2. The number of carbonyl (C=O) groups is 1. The summed E-state index contributed by atoms with van der Waals surface area (Å²) in [7, 11) is 0. The predicted octanol–water partition coefficient (Wildman–Crippen LogP) is 8.23. The number of pyridine rings is 1. The van der Waals surface area contributed by atoms with E-state index in [9.17, 15) is 14.4 Å². The van der Waals surface area contributed by atoms with Crippen molar-refractivity contribution in [1.29, 1.82) is 5.26 Å². The summed E-state index contributed by atoms with van der Waals surface area (Å²) in [5.41, 5.74) is 7.30. The topological polar surface area (TPSA) is 99.5 Å². The number of piperidine rings is 1. The molecule has 3 heterocycles. The van der Waals surface area contributed by atoms with Crippen LogP contribution in [-0.4, -0.2) is 60.8 Å². The first-order valence-electron chi connectivity index (χ1n) is 18.1. The fraction of sp³-hybridized carbons (Fsp3) is 0.390. The lowest BCUT2D eigenvalue weighted by atomic mass is 9.96. The number of fused-ring (bicyclic) bond motifs is 1. The number of benzene rings is 3.